The van der Waals surface area contributed by atoms with Crippen LogP contribution in [0.1, 0.15) is 6.92 Å². The van der Waals surface area contributed by atoms with Gasteiger partial charge in [-0.15, -0.1) is 12.4 Å². The van der Waals surface area contributed by atoms with E-state index in [1.54, 1.807) is 4.90 Å². The minimum Gasteiger partial charge on any atom is -0.340 e. The van der Waals surface area contributed by atoms with Crippen molar-refractivity contribution in [3.63, 3.8) is 0 Å². The lowest BCUT2D eigenvalue weighted by Crippen LogP contribution is -2.55. The van der Waals surface area contributed by atoms with E-state index in [1.165, 1.54) is 0 Å². The van der Waals surface area contributed by atoms with Crippen LogP contribution in [-0.2, 0) is 14.8 Å². The second kappa shape index (κ2) is 8.16. The molecule has 1 aromatic carbocycles. The van der Waals surface area contributed by atoms with Gasteiger partial charge in [0.2, 0.25) is 15.9 Å². The number of hydrogen-bond donors (Lipinski definition) is 1. The molecular formula is C16H22ClF2N3O3S. The molecule has 2 saturated heterocycles. The fourth-order valence-corrected chi connectivity index (χ4v) is 4.69. The molecule has 2 aliphatic rings. The fraction of sp³-hybridized carbons (Fsp3) is 0.562. The summed E-state index contributed by atoms with van der Waals surface area (Å²) in [4.78, 5) is 13.2. The van der Waals surface area contributed by atoms with Crippen molar-refractivity contribution in [2.45, 2.75) is 11.8 Å². The van der Waals surface area contributed by atoms with Crippen LogP contribution in [0.4, 0.5) is 8.78 Å². The van der Waals surface area contributed by atoms with E-state index in [2.05, 4.69) is 5.32 Å². The number of nitrogens with zero attached hydrogens (tertiary/aromatic N) is 2. The average Bonchev–Trinajstić information content (AvgIpc) is 2.52. The van der Waals surface area contributed by atoms with Gasteiger partial charge in [0.25, 0.3) is 0 Å². The molecule has 1 unspecified atom stereocenters. The minimum atomic E-state index is -4.27. The Morgan fingerprint density at radius 2 is 1.69 bits per heavy atom. The van der Waals surface area contributed by atoms with Crippen LogP contribution in [0, 0.1) is 23.5 Å². The smallest absolute Gasteiger partial charge is 0.249 e. The number of carbonyl (C=O) groups excluding carboxylic acids is 1. The van der Waals surface area contributed by atoms with Crippen LogP contribution >= 0.6 is 12.4 Å². The molecule has 2 heterocycles. The van der Waals surface area contributed by atoms with E-state index >= 15 is 0 Å². The summed E-state index contributed by atoms with van der Waals surface area (Å²) in [6, 6.07) is 2.96. The number of amides is 1. The maximum absolute atomic E-state index is 13.8. The summed E-state index contributed by atoms with van der Waals surface area (Å²) in [5, 5.41) is 3.13. The third kappa shape index (κ3) is 3.85. The standard InChI is InChI=1S/C16H21F2N3O3S.ClH/c1-11(12-9-19-10-12)16(22)20-5-7-21(8-6-20)25(23,24)15-13(17)3-2-4-14(15)18;/h2-4,11-12,19H,5-10H2,1H3;1H. The normalized spacial score (nSPS) is 20.2. The number of nitrogens with one attached hydrogen (secondary N) is 1. The molecule has 6 nitrogen and oxygen atoms in total. The Labute approximate surface area is 158 Å². The average molecular weight is 410 g/mol. The first-order valence-electron chi connectivity index (χ1n) is 8.26. The van der Waals surface area contributed by atoms with Gasteiger partial charge in [-0.2, -0.15) is 4.31 Å². The van der Waals surface area contributed by atoms with Gasteiger partial charge in [-0.05, 0) is 31.1 Å². The van der Waals surface area contributed by atoms with Crippen LogP contribution in [0.3, 0.4) is 0 Å². The first kappa shape index (κ1) is 21.0. The van der Waals surface area contributed by atoms with Crippen molar-refractivity contribution in [2.75, 3.05) is 39.3 Å². The van der Waals surface area contributed by atoms with Gasteiger partial charge >= 0.3 is 0 Å². The van der Waals surface area contributed by atoms with Gasteiger partial charge in [-0.1, -0.05) is 13.0 Å². The van der Waals surface area contributed by atoms with E-state index in [4.69, 9.17) is 0 Å². The first-order chi connectivity index (χ1) is 11.8. The quantitative estimate of drug-likeness (QED) is 0.807. The van der Waals surface area contributed by atoms with Gasteiger partial charge in [-0.3, -0.25) is 4.79 Å². The highest BCUT2D eigenvalue weighted by molar-refractivity contribution is 7.89. The molecule has 1 atom stereocenters. The van der Waals surface area contributed by atoms with Gasteiger partial charge in [-0.25, -0.2) is 17.2 Å². The molecule has 1 aromatic rings. The molecule has 2 aliphatic heterocycles. The Morgan fingerprint density at radius 1 is 1.15 bits per heavy atom. The topological polar surface area (TPSA) is 69.7 Å². The second-order valence-electron chi connectivity index (χ2n) is 6.49. The van der Waals surface area contributed by atoms with Crippen molar-refractivity contribution in [2.24, 2.45) is 11.8 Å². The Morgan fingerprint density at radius 3 is 2.15 bits per heavy atom. The summed E-state index contributed by atoms with van der Waals surface area (Å²) in [5.41, 5.74) is 0. The van der Waals surface area contributed by atoms with Crippen molar-refractivity contribution in [3.05, 3.63) is 29.8 Å². The zero-order valence-corrected chi connectivity index (χ0v) is 16.0. The maximum Gasteiger partial charge on any atom is 0.249 e. The largest absolute Gasteiger partial charge is 0.340 e. The van der Waals surface area contributed by atoms with Crippen molar-refractivity contribution in [1.29, 1.82) is 0 Å². The molecule has 1 N–H and O–H groups in total. The predicted molar refractivity (Wildman–Crippen MR) is 94.5 cm³/mol. The van der Waals surface area contributed by atoms with Crippen molar-refractivity contribution >= 4 is 28.3 Å². The van der Waals surface area contributed by atoms with E-state index in [9.17, 15) is 22.0 Å². The molecule has 146 valence electrons. The molecule has 0 spiro atoms. The lowest BCUT2D eigenvalue weighted by molar-refractivity contribution is -0.138. The fourth-order valence-electron chi connectivity index (χ4n) is 3.16. The van der Waals surface area contributed by atoms with E-state index < -0.39 is 26.6 Å². The highest BCUT2D eigenvalue weighted by atomic mass is 35.5. The zero-order chi connectivity index (χ0) is 18.2. The van der Waals surface area contributed by atoms with Crippen molar-refractivity contribution in [1.82, 2.24) is 14.5 Å². The van der Waals surface area contributed by atoms with Crippen molar-refractivity contribution < 1.29 is 22.0 Å². The number of rotatable bonds is 4. The van der Waals surface area contributed by atoms with Crippen LogP contribution in [0.15, 0.2) is 23.1 Å². The van der Waals surface area contributed by atoms with Gasteiger partial charge < -0.3 is 10.2 Å². The van der Waals surface area contributed by atoms with E-state index in [0.29, 0.717) is 5.92 Å². The van der Waals surface area contributed by atoms with Crippen LogP contribution in [-0.4, -0.2) is 62.8 Å². The van der Waals surface area contributed by atoms with E-state index in [1.807, 2.05) is 6.92 Å². The van der Waals surface area contributed by atoms with E-state index in [-0.39, 0.29) is 50.4 Å². The third-order valence-electron chi connectivity index (χ3n) is 4.98. The lowest BCUT2D eigenvalue weighted by atomic mass is 9.88. The summed E-state index contributed by atoms with van der Waals surface area (Å²) < 4.78 is 53.8. The number of halogens is 3. The summed E-state index contributed by atoms with van der Waals surface area (Å²) in [6.45, 7) is 4.00. The summed E-state index contributed by atoms with van der Waals surface area (Å²) in [7, 11) is -4.27. The third-order valence-corrected chi connectivity index (χ3v) is 6.93. The Kier molecular flexibility index (Phi) is 6.60. The van der Waals surface area contributed by atoms with Crippen LogP contribution < -0.4 is 5.32 Å². The molecule has 1 amide bonds. The van der Waals surface area contributed by atoms with Gasteiger partial charge in [0.15, 0.2) is 4.90 Å². The van der Waals surface area contributed by atoms with Gasteiger partial charge in [0.05, 0.1) is 0 Å². The Hall–Kier alpha value is -1.29. The Bertz CT molecular complexity index is 746. The number of sulfonamides is 1. The van der Waals surface area contributed by atoms with Crippen LogP contribution in [0.5, 0.6) is 0 Å². The molecule has 10 heteroatoms. The minimum absolute atomic E-state index is 0. The lowest BCUT2D eigenvalue weighted by Gasteiger charge is -2.38. The molecule has 2 fully saturated rings. The molecule has 0 radical (unpaired) electrons. The van der Waals surface area contributed by atoms with E-state index in [0.717, 1.165) is 35.6 Å². The highest BCUT2D eigenvalue weighted by Gasteiger charge is 2.36. The SMILES string of the molecule is CC(C(=O)N1CCN(S(=O)(=O)c2c(F)cccc2F)CC1)C1CNC1.Cl. The predicted octanol–water partition coefficient (Wildman–Crippen LogP) is 1.07. The van der Waals surface area contributed by atoms with Crippen molar-refractivity contribution in [3.8, 4) is 0 Å². The summed E-state index contributed by atoms with van der Waals surface area (Å²) >= 11 is 0. The molecule has 0 bridgehead atoms. The summed E-state index contributed by atoms with van der Waals surface area (Å²) in [6.07, 6.45) is 0. The monoisotopic (exact) mass is 409 g/mol. The van der Waals surface area contributed by atoms with Crippen LogP contribution in [0.2, 0.25) is 0 Å². The number of benzene rings is 1. The highest BCUT2D eigenvalue weighted by Crippen LogP contribution is 2.25. The molecule has 0 aromatic heterocycles. The molecular weight excluding hydrogens is 388 g/mol. The Balaban J connectivity index is 0.00000243. The molecule has 3 rings (SSSR count). The molecule has 0 saturated carbocycles. The van der Waals surface area contributed by atoms with Crippen LogP contribution in [0.25, 0.3) is 0 Å². The zero-order valence-electron chi connectivity index (χ0n) is 14.3. The second-order valence-corrected chi connectivity index (χ2v) is 8.36. The molecule has 0 aliphatic carbocycles. The van der Waals surface area contributed by atoms with Gasteiger partial charge in [0, 0.05) is 32.1 Å². The maximum atomic E-state index is 13.8. The molecule has 26 heavy (non-hydrogen) atoms. The first-order valence-corrected chi connectivity index (χ1v) is 9.70. The summed E-state index contributed by atoms with van der Waals surface area (Å²) in [5.74, 6) is -2.02. The number of piperazine rings is 1. The van der Waals surface area contributed by atoms with Gasteiger partial charge in [0.1, 0.15) is 11.6 Å². The number of carbonyl (C=O) groups is 1. The number of hydrogen-bond acceptors (Lipinski definition) is 4.